The van der Waals surface area contributed by atoms with E-state index in [9.17, 15) is 4.39 Å². The molecule has 4 heteroatoms. The van der Waals surface area contributed by atoms with E-state index in [4.69, 9.17) is 5.26 Å². The van der Waals surface area contributed by atoms with E-state index in [1.807, 2.05) is 6.07 Å². The molecule has 3 rings (SSSR count). The van der Waals surface area contributed by atoms with Crippen LogP contribution in [-0.4, -0.2) is 11.0 Å². The molecule has 1 fully saturated rings. The Labute approximate surface area is 117 Å². The van der Waals surface area contributed by atoms with Gasteiger partial charge in [0.25, 0.3) is 0 Å². The molecule has 0 unspecified atom stereocenters. The van der Waals surface area contributed by atoms with Crippen molar-refractivity contribution in [2.24, 2.45) is 0 Å². The van der Waals surface area contributed by atoms with Crippen molar-refractivity contribution in [3.05, 3.63) is 53.6 Å². The molecule has 3 nitrogen and oxygen atoms in total. The average Bonchev–Trinajstić information content (AvgIpc) is 3.31. The molecular weight excluding hydrogens is 253 g/mol. The summed E-state index contributed by atoms with van der Waals surface area (Å²) in [5, 5.41) is 12.2. The Morgan fingerprint density at radius 2 is 2.10 bits per heavy atom. The van der Waals surface area contributed by atoms with Crippen molar-refractivity contribution in [3.63, 3.8) is 0 Å². The Kier molecular flexibility index (Phi) is 3.44. The first kappa shape index (κ1) is 12.8. The zero-order chi connectivity index (χ0) is 13.9. The van der Waals surface area contributed by atoms with Crippen LogP contribution in [-0.2, 0) is 6.54 Å². The predicted octanol–water partition coefficient (Wildman–Crippen LogP) is 3.01. The number of benzene rings is 1. The first-order valence-electron chi connectivity index (χ1n) is 6.63. The molecule has 0 spiro atoms. The van der Waals surface area contributed by atoms with Crippen LogP contribution in [0, 0.1) is 17.1 Å². The summed E-state index contributed by atoms with van der Waals surface area (Å²) < 4.78 is 13.8. The van der Waals surface area contributed by atoms with Gasteiger partial charge in [0.2, 0.25) is 0 Å². The summed E-state index contributed by atoms with van der Waals surface area (Å²) in [4.78, 5) is 4.04. The van der Waals surface area contributed by atoms with Crippen molar-refractivity contribution >= 4 is 0 Å². The lowest BCUT2D eigenvalue weighted by Gasteiger charge is -2.08. The molecule has 20 heavy (non-hydrogen) atoms. The maximum absolute atomic E-state index is 13.8. The number of pyridine rings is 1. The number of hydrogen-bond acceptors (Lipinski definition) is 3. The Balaban J connectivity index is 1.88. The molecule has 1 N–H and O–H groups in total. The molecule has 0 aliphatic heterocycles. The highest BCUT2D eigenvalue weighted by Gasteiger charge is 2.20. The van der Waals surface area contributed by atoms with Crippen LogP contribution in [0.3, 0.4) is 0 Å². The number of rotatable bonds is 4. The van der Waals surface area contributed by atoms with Gasteiger partial charge in [0.15, 0.2) is 0 Å². The number of nitrogens with zero attached hydrogens (tertiary/aromatic N) is 2. The second-order valence-electron chi connectivity index (χ2n) is 5.04. The second-order valence-corrected chi connectivity index (χ2v) is 5.04. The lowest BCUT2D eigenvalue weighted by atomic mass is 10.0. The smallest absolute Gasteiger partial charge is 0.127 e. The fourth-order valence-corrected chi connectivity index (χ4v) is 2.09. The fourth-order valence-electron chi connectivity index (χ4n) is 2.09. The van der Waals surface area contributed by atoms with E-state index in [0.717, 1.165) is 11.1 Å². The predicted molar refractivity (Wildman–Crippen MR) is 74.2 cm³/mol. The first-order chi connectivity index (χ1) is 9.76. The van der Waals surface area contributed by atoms with Gasteiger partial charge in [-0.25, -0.2) is 4.39 Å². The summed E-state index contributed by atoms with van der Waals surface area (Å²) >= 11 is 0. The zero-order valence-corrected chi connectivity index (χ0v) is 10.9. The fraction of sp³-hybridized carbons (Fsp3) is 0.250. The lowest BCUT2D eigenvalue weighted by Crippen LogP contribution is -2.16. The molecule has 1 heterocycles. The van der Waals surface area contributed by atoms with Gasteiger partial charge in [-0.05, 0) is 36.6 Å². The second kappa shape index (κ2) is 5.40. The lowest BCUT2D eigenvalue weighted by molar-refractivity contribution is 0.587. The van der Waals surface area contributed by atoms with Crippen molar-refractivity contribution in [1.82, 2.24) is 10.3 Å². The van der Waals surface area contributed by atoms with Crippen LogP contribution in [0.15, 0.2) is 36.7 Å². The maximum atomic E-state index is 13.8. The van der Waals surface area contributed by atoms with E-state index >= 15 is 0 Å². The van der Waals surface area contributed by atoms with Crippen molar-refractivity contribution in [2.75, 3.05) is 0 Å². The standard InChI is InChI=1S/C16H14FN3/c17-16-4-1-12(6-14(16)10-20-15-2-3-15)13-5-11(7-18)8-19-9-13/h1,4-6,8-9,15,20H,2-3,10H2. The number of nitriles is 1. The third kappa shape index (κ3) is 2.84. The molecule has 0 saturated heterocycles. The van der Waals surface area contributed by atoms with E-state index in [2.05, 4.69) is 16.4 Å². The van der Waals surface area contributed by atoms with Crippen molar-refractivity contribution in [3.8, 4) is 17.2 Å². The molecule has 0 amide bonds. The van der Waals surface area contributed by atoms with Gasteiger partial charge >= 0.3 is 0 Å². The molecule has 2 aromatic rings. The molecule has 100 valence electrons. The van der Waals surface area contributed by atoms with E-state index in [0.29, 0.717) is 23.7 Å². The van der Waals surface area contributed by atoms with Crippen molar-refractivity contribution < 1.29 is 4.39 Å². The molecule has 0 radical (unpaired) electrons. The molecule has 1 aliphatic carbocycles. The summed E-state index contributed by atoms with van der Waals surface area (Å²) in [6.07, 6.45) is 5.56. The Hall–Kier alpha value is -2.25. The van der Waals surface area contributed by atoms with Crippen molar-refractivity contribution in [2.45, 2.75) is 25.4 Å². The van der Waals surface area contributed by atoms with Gasteiger partial charge in [0.1, 0.15) is 11.9 Å². The summed E-state index contributed by atoms with van der Waals surface area (Å²) in [5.74, 6) is -0.203. The minimum absolute atomic E-state index is 0.203. The third-order valence-electron chi connectivity index (χ3n) is 3.40. The van der Waals surface area contributed by atoms with Gasteiger partial charge in [0, 0.05) is 36.1 Å². The van der Waals surface area contributed by atoms with Crippen LogP contribution in [0.4, 0.5) is 4.39 Å². The largest absolute Gasteiger partial charge is 0.310 e. The zero-order valence-electron chi connectivity index (χ0n) is 10.9. The van der Waals surface area contributed by atoms with Crippen LogP contribution in [0.5, 0.6) is 0 Å². The monoisotopic (exact) mass is 267 g/mol. The van der Waals surface area contributed by atoms with E-state index in [1.165, 1.54) is 25.1 Å². The van der Waals surface area contributed by atoms with Crippen LogP contribution in [0.1, 0.15) is 24.0 Å². The van der Waals surface area contributed by atoms with Crippen LogP contribution in [0.2, 0.25) is 0 Å². The molecule has 0 bridgehead atoms. The Morgan fingerprint density at radius 3 is 2.85 bits per heavy atom. The minimum atomic E-state index is -0.203. The minimum Gasteiger partial charge on any atom is -0.310 e. The summed E-state index contributed by atoms with van der Waals surface area (Å²) in [6.45, 7) is 0.537. The van der Waals surface area contributed by atoms with Crippen LogP contribution in [0.25, 0.3) is 11.1 Å². The number of aromatic nitrogens is 1. The number of nitrogens with one attached hydrogen (secondary N) is 1. The topological polar surface area (TPSA) is 48.7 Å². The maximum Gasteiger partial charge on any atom is 0.127 e. The third-order valence-corrected chi connectivity index (χ3v) is 3.40. The van der Waals surface area contributed by atoms with Gasteiger partial charge in [-0.3, -0.25) is 4.98 Å². The summed E-state index contributed by atoms with van der Waals surface area (Å²) in [5.41, 5.74) is 2.86. The van der Waals surface area contributed by atoms with Gasteiger partial charge in [0.05, 0.1) is 5.56 Å². The molecule has 0 atom stereocenters. The Morgan fingerprint density at radius 1 is 1.25 bits per heavy atom. The number of halogens is 1. The summed E-state index contributed by atoms with van der Waals surface area (Å²) in [7, 11) is 0. The van der Waals surface area contributed by atoms with Crippen LogP contribution < -0.4 is 5.32 Å². The van der Waals surface area contributed by atoms with Gasteiger partial charge in [-0.2, -0.15) is 5.26 Å². The quantitative estimate of drug-likeness (QED) is 0.926. The highest BCUT2D eigenvalue weighted by atomic mass is 19.1. The van der Waals surface area contributed by atoms with Gasteiger partial charge < -0.3 is 5.32 Å². The highest BCUT2D eigenvalue weighted by molar-refractivity contribution is 5.64. The first-order valence-corrected chi connectivity index (χ1v) is 6.63. The highest BCUT2D eigenvalue weighted by Crippen LogP contribution is 2.24. The molecular formula is C16H14FN3. The molecule has 1 saturated carbocycles. The molecule has 1 aromatic carbocycles. The Bertz CT molecular complexity index is 672. The van der Waals surface area contributed by atoms with Crippen LogP contribution >= 0.6 is 0 Å². The van der Waals surface area contributed by atoms with E-state index < -0.39 is 0 Å². The van der Waals surface area contributed by atoms with Gasteiger partial charge in [-0.15, -0.1) is 0 Å². The number of hydrogen-bond donors (Lipinski definition) is 1. The molecule has 1 aliphatic rings. The van der Waals surface area contributed by atoms with Crippen molar-refractivity contribution in [1.29, 1.82) is 5.26 Å². The van der Waals surface area contributed by atoms with E-state index in [1.54, 1.807) is 18.3 Å². The van der Waals surface area contributed by atoms with Gasteiger partial charge in [-0.1, -0.05) is 6.07 Å². The average molecular weight is 267 g/mol. The van der Waals surface area contributed by atoms with E-state index in [-0.39, 0.29) is 5.82 Å². The normalized spacial score (nSPS) is 14.0. The molecule has 1 aromatic heterocycles. The SMILES string of the molecule is N#Cc1cncc(-c2ccc(F)c(CNC3CC3)c2)c1. The summed E-state index contributed by atoms with van der Waals surface area (Å²) in [6, 6.07) is 9.38.